The molecule has 0 aliphatic carbocycles. The molecule has 1 heterocycles. The number of aliphatic carboxylic acids is 1. The SMILES string of the molecule is CCCN(C[C@H](OC)[C@@H](C)C(=O)N[C@@H](Cc1ccccc1)C(=O)O)C(=O)C[C@@H](OC)[C@H]([C@@H](C)CC)N(C)C(=O)[C@@H](NC(=O)CN(C)C(=O)CCCCCN1C(=O)C=CC1=O)C(C)C. The van der Waals surface area contributed by atoms with Crippen molar-refractivity contribution in [3.8, 4) is 0 Å². The molecule has 0 bridgehead atoms. The summed E-state index contributed by atoms with van der Waals surface area (Å²) >= 11 is 0. The molecule has 1 aliphatic rings. The van der Waals surface area contributed by atoms with E-state index >= 15 is 0 Å². The van der Waals surface area contributed by atoms with Gasteiger partial charge in [-0.3, -0.25) is 38.5 Å². The quantitative estimate of drug-likeness (QED) is 0.0786. The first-order valence-corrected chi connectivity index (χ1v) is 22.0. The van der Waals surface area contributed by atoms with E-state index in [0.717, 1.165) is 10.5 Å². The first-order chi connectivity index (χ1) is 29.8. The fraction of sp³-hybridized carbons (Fsp3) is 0.652. The highest BCUT2D eigenvalue weighted by atomic mass is 16.5. The van der Waals surface area contributed by atoms with Crippen molar-refractivity contribution in [1.82, 2.24) is 30.2 Å². The average Bonchev–Trinajstić information content (AvgIpc) is 3.57. The van der Waals surface area contributed by atoms with Gasteiger partial charge in [0.05, 0.1) is 37.1 Å². The molecule has 3 N–H and O–H groups in total. The van der Waals surface area contributed by atoms with Crippen molar-refractivity contribution in [3.63, 3.8) is 0 Å². The smallest absolute Gasteiger partial charge is 0.326 e. The van der Waals surface area contributed by atoms with Crippen molar-refractivity contribution in [2.75, 3.05) is 54.5 Å². The first kappa shape index (κ1) is 54.0. The van der Waals surface area contributed by atoms with E-state index in [9.17, 15) is 43.5 Å². The average molecular weight is 885 g/mol. The van der Waals surface area contributed by atoms with Crippen molar-refractivity contribution in [1.29, 1.82) is 0 Å². The molecule has 0 radical (unpaired) electrons. The molecule has 1 aliphatic heterocycles. The Labute approximate surface area is 373 Å². The molecule has 0 unspecified atom stereocenters. The monoisotopic (exact) mass is 885 g/mol. The first-order valence-electron chi connectivity index (χ1n) is 22.0. The van der Waals surface area contributed by atoms with E-state index in [0.29, 0.717) is 38.6 Å². The van der Waals surface area contributed by atoms with Crippen LogP contribution in [0.2, 0.25) is 0 Å². The van der Waals surface area contributed by atoms with Crippen LogP contribution in [0, 0.1) is 17.8 Å². The lowest BCUT2D eigenvalue weighted by Crippen LogP contribution is -2.58. The highest BCUT2D eigenvalue weighted by Crippen LogP contribution is 2.24. The molecule has 0 saturated heterocycles. The van der Waals surface area contributed by atoms with Crippen LogP contribution in [-0.4, -0.2) is 157 Å². The van der Waals surface area contributed by atoms with Crippen LogP contribution in [0.1, 0.15) is 92.1 Å². The summed E-state index contributed by atoms with van der Waals surface area (Å²) in [5.74, 6) is -5.09. The molecule has 0 saturated carbocycles. The number of carbonyl (C=O) groups is 8. The van der Waals surface area contributed by atoms with Crippen molar-refractivity contribution < 1.29 is 52.9 Å². The lowest BCUT2D eigenvalue weighted by atomic mass is 9.89. The molecular formula is C46H72N6O11. The number of amides is 7. The Bertz CT molecular complexity index is 1700. The molecule has 2 rings (SSSR count). The summed E-state index contributed by atoms with van der Waals surface area (Å²) in [6.07, 6.45) is 4.03. The maximum atomic E-state index is 14.3. The van der Waals surface area contributed by atoms with Crippen molar-refractivity contribution in [2.45, 2.75) is 123 Å². The van der Waals surface area contributed by atoms with Crippen molar-refractivity contribution >= 4 is 47.3 Å². The zero-order chi connectivity index (χ0) is 47.4. The summed E-state index contributed by atoms with van der Waals surface area (Å²) < 4.78 is 11.7. The normalized spacial score (nSPS) is 15.8. The highest BCUT2D eigenvalue weighted by Gasteiger charge is 2.39. The summed E-state index contributed by atoms with van der Waals surface area (Å²) in [5.41, 5.74) is 0.755. The van der Waals surface area contributed by atoms with Crippen molar-refractivity contribution in [3.05, 3.63) is 48.0 Å². The molecule has 352 valence electrons. The van der Waals surface area contributed by atoms with Crippen molar-refractivity contribution in [2.24, 2.45) is 17.8 Å². The van der Waals surface area contributed by atoms with Gasteiger partial charge in [-0.2, -0.15) is 0 Å². The molecule has 0 spiro atoms. The fourth-order valence-electron chi connectivity index (χ4n) is 7.62. The number of unbranched alkanes of at least 4 members (excludes halogenated alkanes) is 2. The number of hydrogen-bond donors (Lipinski definition) is 3. The Morgan fingerprint density at radius 3 is 1.98 bits per heavy atom. The number of carboxylic acids is 1. The Kier molecular flexibility index (Phi) is 23.2. The Morgan fingerprint density at radius 2 is 1.44 bits per heavy atom. The van der Waals surface area contributed by atoms with E-state index in [1.54, 1.807) is 43.1 Å². The number of imide groups is 1. The molecular weight excluding hydrogens is 813 g/mol. The maximum absolute atomic E-state index is 14.3. The predicted molar refractivity (Wildman–Crippen MR) is 237 cm³/mol. The minimum absolute atomic E-state index is 0.0484. The minimum Gasteiger partial charge on any atom is -0.480 e. The van der Waals surface area contributed by atoms with Gasteiger partial charge < -0.3 is 39.9 Å². The highest BCUT2D eigenvalue weighted by molar-refractivity contribution is 6.12. The van der Waals surface area contributed by atoms with Crippen LogP contribution in [0.3, 0.4) is 0 Å². The molecule has 17 heteroatoms. The lowest BCUT2D eigenvalue weighted by Gasteiger charge is -2.40. The number of ether oxygens (including phenoxy) is 2. The third-order valence-electron chi connectivity index (χ3n) is 11.7. The van der Waals surface area contributed by atoms with E-state index in [-0.39, 0.29) is 80.3 Å². The number of hydrogen-bond acceptors (Lipinski definition) is 10. The van der Waals surface area contributed by atoms with E-state index in [1.165, 1.54) is 43.2 Å². The van der Waals surface area contributed by atoms with E-state index in [1.807, 2.05) is 40.7 Å². The molecule has 7 amide bonds. The molecule has 7 atom stereocenters. The second kappa shape index (κ2) is 27.1. The van der Waals surface area contributed by atoms with Gasteiger partial charge in [-0.15, -0.1) is 0 Å². The Balaban J connectivity index is 2.10. The standard InChI is InChI=1S/C46H72N6O11/c1-11-24-51(28-36(63-10)32(6)44(58)47-34(46(60)61)26-33-19-15-13-16-20-33)41(57)27-35(62-9)43(31(5)12-2)50(8)45(59)42(30(3)4)48-37(53)29-49(7)38(54)21-17-14-18-25-52-39(55)22-23-40(52)56/h13,15-16,19-20,22-23,30-32,34-36,42-43H,11-12,14,17-18,21,24-29H2,1-10H3,(H,47,58)(H,48,53)(H,60,61)/t31-,32+,34-,35+,36-,42-,43-/m0/s1. The number of carbonyl (C=O) groups excluding carboxylic acids is 7. The molecule has 63 heavy (non-hydrogen) atoms. The van der Waals surface area contributed by atoms with Crippen LogP contribution in [0.4, 0.5) is 0 Å². The number of nitrogens with one attached hydrogen (secondary N) is 2. The summed E-state index contributed by atoms with van der Waals surface area (Å²) in [6, 6.07) is 6.29. The Morgan fingerprint density at radius 1 is 0.825 bits per heavy atom. The second-order valence-corrected chi connectivity index (χ2v) is 16.8. The van der Waals surface area contributed by atoms with Crippen LogP contribution in [0.15, 0.2) is 42.5 Å². The number of rotatable bonds is 29. The third kappa shape index (κ3) is 16.8. The fourth-order valence-corrected chi connectivity index (χ4v) is 7.62. The van der Waals surface area contributed by atoms with Gasteiger partial charge in [0.25, 0.3) is 11.8 Å². The van der Waals surface area contributed by atoms with Crippen LogP contribution >= 0.6 is 0 Å². The summed E-state index contributed by atoms with van der Waals surface area (Å²) in [5, 5.41) is 15.3. The Hall–Kier alpha value is -5.16. The molecule has 17 nitrogen and oxygen atoms in total. The lowest BCUT2D eigenvalue weighted by molar-refractivity contribution is -0.147. The number of carboxylic acid groups (broad SMARTS) is 1. The minimum atomic E-state index is -1.17. The van der Waals surface area contributed by atoms with E-state index in [4.69, 9.17) is 9.47 Å². The molecule has 1 aromatic carbocycles. The van der Waals surface area contributed by atoms with Gasteiger partial charge in [0.15, 0.2) is 0 Å². The molecule has 1 aromatic rings. The zero-order valence-corrected chi connectivity index (χ0v) is 39.0. The largest absolute Gasteiger partial charge is 0.480 e. The van der Waals surface area contributed by atoms with Gasteiger partial charge in [-0.1, -0.05) is 84.7 Å². The predicted octanol–water partition coefficient (Wildman–Crippen LogP) is 3.05. The summed E-state index contributed by atoms with van der Waals surface area (Å²) in [7, 11) is 6.06. The number of methoxy groups -OCH3 is 2. The maximum Gasteiger partial charge on any atom is 0.326 e. The number of benzene rings is 1. The number of likely N-dealkylation sites (N-methyl/N-ethyl adjacent to an activating group) is 2. The van der Waals surface area contributed by atoms with E-state index in [2.05, 4.69) is 10.6 Å². The topological polar surface area (TPSA) is 212 Å². The van der Waals surface area contributed by atoms with Gasteiger partial charge in [-0.05, 0) is 36.7 Å². The summed E-state index contributed by atoms with van der Waals surface area (Å²) in [6.45, 7) is 11.5. The second-order valence-electron chi connectivity index (χ2n) is 16.8. The van der Waals surface area contributed by atoms with Crippen LogP contribution in [-0.2, 0) is 54.3 Å². The number of nitrogens with zero attached hydrogens (tertiary/aromatic N) is 4. The van der Waals surface area contributed by atoms with Crippen LogP contribution < -0.4 is 10.6 Å². The van der Waals surface area contributed by atoms with Gasteiger partial charge in [0, 0.05) is 72.9 Å². The van der Waals surface area contributed by atoms with E-state index < -0.39 is 54.0 Å². The third-order valence-corrected chi connectivity index (χ3v) is 11.7. The van der Waals surface area contributed by atoms with Gasteiger partial charge in [0.2, 0.25) is 29.5 Å². The molecule has 0 fully saturated rings. The van der Waals surface area contributed by atoms with Crippen LogP contribution in [0.25, 0.3) is 0 Å². The zero-order valence-electron chi connectivity index (χ0n) is 39.0. The van der Waals surface area contributed by atoms with Gasteiger partial charge in [-0.25, -0.2) is 4.79 Å². The van der Waals surface area contributed by atoms with Gasteiger partial charge >= 0.3 is 5.97 Å². The summed E-state index contributed by atoms with van der Waals surface area (Å²) in [4.78, 5) is 109. The van der Waals surface area contributed by atoms with Crippen LogP contribution in [0.5, 0.6) is 0 Å². The molecule has 0 aromatic heterocycles. The van der Waals surface area contributed by atoms with Gasteiger partial charge in [0.1, 0.15) is 12.1 Å².